The van der Waals surface area contributed by atoms with Crippen molar-refractivity contribution in [2.24, 2.45) is 0 Å². The van der Waals surface area contributed by atoms with Crippen LogP contribution in [0.1, 0.15) is 23.6 Å². The normalized spacial score (nSPS) is 10.8. The Balaban J connectivity index is 1.54. The molecule has 0 spiro atoms. The van der Waals surface area contributed by atoms with Crippen molar-refractivity contribution in [2.75, 3.05) is 11.9 Å². The van der Waals surface area contributed by atoms with Crippen LogP contribution in [-0.2, 0) is 13.2 Å². The molecule has 0 saturated carbocycles. The van der Waals surface area contributed by atoms with Crippen LogP contribution in [0.2, 0.25) is 0 Å². The molecule has 31 heavy (non-hydrogen) atoms. The number of hydrogen-bond acceptors (Lipinski definition) is 3. The molecule has 4 aromatic rings. The van der Waals surface area contributed by atoms with Gasteiger partial charge in [0, 0.05) is 17.6 Å². The van der Waals surface area contributed by atoms with Gasteiger partial charge in [0.05, 0.1) is 11.1 Å². The molecule has 3 nitrogen and oxygen atoms in total. The quantitative estimate of drug-likeness (QED) is 0.286. The molecule has 4 rings (SSSR count). The van der Waals surface area contributed by atoms with Gasteiger partial charge >= 0.3 is 0 Å². The minimum atomic E-state index is 0.499. The van der Waals surface area contributed by atoms with Gasteiger partial charge in [-0.15, -0.1) is 0 Å². The molecule has 0 heterocycles. The topological polar surface area (TPSA) is 30.5 Å². The molecule has 0 unspecified atom stereocenters. The summed E-state index contributed by atoms with van der Waals surface area (Å²) in [5, 5.41) is 6.01. The van der Waals surface area contributed by atoms with E-state index in [0.29, 0.717) is 19.8 Å². The number of rotatable bonds is 8. The number of benzene rings is 4. The largest absolute Gasteiger partial charge is 0.490 e. The molecule has 0 aliphatic heterocycles. The molecule has 0 saturated heterocycles. The lowest BCUT2D eigenvalue weighted by atomic mass is 10.1. The Morgan fingerprint density at radius 1 is 0.871 bits per heavy atom. The van der Waals surface area contributed by atoms with Crippen molar-refractivity contribution in [3.05, 3.63) is 100 Å². The predicted molar refractivity (Wildman–Crippen MR) is 132 cm³/mol. The van der Waals surface area contributed by atoms with E-state index >= 15 is 0 Å². The number of halogens is 1. The van der Waals surface area contributed by atoms with Gasteiger partial charge in [-0.2, -0.15) is 0 Å². The van der Waals surface area contributed by atoms with Gasteiger partial charge in [0.25, 0.3) is 0 Å². The second kappa shape index (κ2) is 9.88. The van der Waals surface area contributed by atoms with Crippen molar-refractivity contribution in [3.63, 3.8) is 0 Å². The zero-order valence-corrected chi connectivity index (χ0v) is 19.4. The van der Waals surface area contributed by atoms with Crippen LogP contribution in [-0.4, -0.2) is 6.61 Å². The van der Waals surface area contributed by atoms with E-state index in [1.807, 2.05) is 19.1 Å². The fraction of sp³-hybridized carbons (Fsp3) is 0.185. The van der Waals surface area contributed by atoms with Crippen molar-refractivity contribution in [2.45, 2.75) is 27.0 Å². The number of fused-ring (bicyclic) bond motifs is 1. The molecule has 0 aliphatic carbocycles. The van der Waals surface area contributed by atoms with E-state index in [2.05, 4.69) is 94.9 Å². The Hall–Kier alpha value is -2.98. The summed E-state index contributed by atoms with van der Waals surface area (Å²) in [4.78, 5) is 0. The lowest BCUT2D eigenvalue weighted by molar-refractivity contribution is 0.267. The van der Waals surface area contributed by atoms with Gasteiger partial charge < -0.3 is 14.8 Å². The lowest BCUT2D eigenvalue weighted by Gasteiger charge is -2.17. The molecule has 1 N–H and O–H groups in total. The molecule has 0 radical (unpaired) electrons. The highest BCUT2D eigenvalue weighted by molar-refractivity contribution is 9.10. The predicted octanol–water partition coefficient (Wildman–Crippen LogP) is 7.50. The van der Waals surface area contributed by atoms with E-state index < -0.39 is 0 Å². The molecule has 0 amide bonds. The van der Waals surface area contributed by atoms with Crippen molar-refractivity contribution in [3.8, 4) is 11.5 Å². The molecule has 0 bridgehead atoms. The number of aryl methyl sites for hydroxylation is 1. The first kappa shape index (κ1) is 21.3. The Morgan fingerprint density at radius 2 is 1.65 bits per heavy atom. The fourth-order valence-electron chi connectivity index (χ4n) is 3.63. The first-order valence-corrected chi connectivity index (χ1v) is 11.3. The second-order valence-electron chi connectivity index (χ2n) is 7.43. The van der Waals surface area contributed by atoms with E-state index in [4.69, 9.17) is 9.47 Å². The summed E-state index contributed by atoms with van der Waals surface area (Å²) in [6.45, 7) is 5.84. The number of anilines is 1. The van der Waals surface area contributed by atoms with Crippen LogP contribution < -0.4 is 14.8 Å². The smallest absolute Gasteiger partial charge is 0.175 e. The van der Waals surface area contributed by atoms with Crippen LogP contribution in [0, 0.1) is 6.92 Å². The van der Waals surface area contributed by atoms with Crippen molar-refractivity contribution >= 4 is 32.4 Å². The summed E-state index contributed by atoms with van der Waals surface area (Å²) in [5.41, 5.74) is 4.62. The molecule has 0 fully saturated rings. The Morgan fingerprint density at radius 3 is 2.48 bits per heavy atom. The van der Waals surface area contributed by atoms with Crippen LogP contribution in [0.15, 0.2) is 83.3 Å². The van der Waals surface area contributed by atoms with E-state index in [1.54, 1.807) is 0 Å². The van der Waals surface area contributed by atoms with Crippen molar-refractivity contribution < 1.29 is 9.47 Å². The van der Waals surface area contributed by atoms with Crippen LogP contribution >= 0.6 is 15.9 Å². The van der Waals surface area contributed by atoms with Crippen LogP contribution in [0.25, 0.3) is 10.8 Å². The summed E-state index contributed by atoms with van der Waals surface area (Å²) in [5.74, 6) is 1.49. The zero-order valence-electron chi connectivity index (χ0n) is 17.8. The van der Waals surface area contributed by atoms with Gasteiger partial charge in [-0.3, -0.25) is 0 Å². The van der Waals surface area contributed by atoms with E-state index in [9.17, 15) is 0 Å². The highest BCUT2D eigenvalue weighted by atomic mass is 79.9. The highest BCUT2D eigenvalue weighted by Gasteiger charge is 2.13. The third kappa shape index (κ3) is 5.02. The van der Waals surface area contributed by atoms with Gasteiger partial charge in [-0.05, 0) is 70.1 Å². The second-order valence-corrected chi connectivity index (χ2v) is 8.29. The Kier molecular flexibility index (Phi) is 6.78. The SMILES string of the molecule is CCOc1cc(CNc2cccc3ccccc23)cc(Br)c1OCc1ccccc1C. The number of ether oxygens (including phenoxy) is 2. The molecule has 0 atom stereocenters. The maximum atomic E-state index is 6.17. The Bertz CT molecular complexity index is 1180. The van der Waals surface area contributed by atoms with E-state index in [-0.39, 0.29) is 0 Å². The van der Waals surface area contributed by atoms with Gasteiger partial charge in [0.1, 0.15) is 6.61 Å². The molecule has 158 valence electrons. The first-order chi connectivity index (χ1) is 15.2. The summed E-state index contributed by atoms with van der Waals surface area (Å²) in [7, 11) is 0. The molecule has 4 heteroatoms. The number of hydrogen-bond donors (Lipinski definition) is 1. The zero-order chi connectivity index (χ0) is 21.6. The highest BCUT2D eigenvalue weighted by Crippen LogP contribution is 2.38. The van der Waals surface area contributed by atoms with Crippen LogP contribution in [0.4, 0.5) is 5.69 Å². The lowest BCUT2D eigenvalue weighted by Crippen LogP contribution is -2.04. The maximum Gasteiger partial charge on any atom is 0.175 e. The van der Waals surface area contributed by atoms with E-state index in [0.717, 1.165) is 27.2 Å². The average molecular weight is 476 g/mol. The van der Waals surface area contributed by atoms with Crippen LogP contribution in [0.5, 0.6) is 11.5 Å². The van der Waals surface area contributed by atoms with Crippen molar-refractivity contribution in [1.82, 2.24) is 0 Å². The monoisotopic (exact) mass is 475 g/mol. The minimum Gasteiger partial charge on any atom is -0.490 e. The van der Waals surface area contributed by atoms with Gasteiger partial charge in [0.15, 0.2) is 11.5 Å². The fourth-order valence-corrected chi connectivity index (χ4v) is 4.23. The third-order valence-electron chi connectivity index (χ3n) is 5.28. The molecular weight excluding hydrogens is 450 g/mol. The third-order valence-corrected chi connectivity index (χ3v) is 5.86. The van der Waals surface area contributed by atoms with Gasteiger partial charge in [-0.25, -0.2) is 0 Å². The standard InChI is InChI=1S/C27H26BrNO2/c1-3-30-26-16-20(17-29-25-14-8-12-21-10-6-7-13-23(21)25)15-24(28)27(26)31-18-22-11-5-4-9-19(22)2/h4-16,29H,3,17-18H2,1-2H3. The molecule has 4 aromatic carbocycles. The van der Waals surface area contributed by atoms with E-state index in [1.165, 1.54) is 21.9 Å². The molecule has 0 aliphatic rings. The molecule has 0 aromatic heterocycles. The summed E-state index contributed by atoms with van der Waals surface area (Å²) >= 11 is 3.69. The summed E-state index contributed by atoms with van der Waals surface area (Å²) in [6.07, 6.45) is 0. The average Bonchev–Trinajstić information content (AvgIpc) is 2.78. The van der Waals surface area contributed by atoms with Crippen molar-refractivity contribution in [1.29, 1.82) is 0 Å². The summed E-state index contributed by atoms with van der Waals surface area (Å²) < 4.78 is 13.0. The van der Waals surface area contributed by atoms with Crippen LogP contribution in [0.3, 0.4) is 0 Å². The molecular formula is C27H26BrNO2. The number of nitrogens with one attached hydrogen (secondary N) is 1. The minimum absolute atomic E-state index is 0.499. The van der Waals surface area contributed by atoms with Gasteiger partial charge in [-0.1, -0.05) is 60.7 Å². The Labute approximate surface area is 192 Å². The van der Waals surface area contributed by atoms with Gasteiger partial charge in [0.2, 0.25) is 0 Å². The first-order valence-electron chi connectivity index (χ1n) is 10.5. The summed E-state index contributed by atoms with van der Waals surface area (Å²) in [6, 6.07) is 27.1. The maximum absolute atomic E-state index is 6.17.